The molecule has 0 bridgehead atoms. The van der Waals surface area contributed by atoms with Gasteiger partial charge in [-0.25, -0.2) is 4.99 Å². The monoisotopic (exact) mass is 324 g/mol. The van der Waals surface area contributed by atoms with Crippen molar-refractivity contribution in [1.29, 1.82) is 0 Å². The Kier molecular flexibility index (Phi) is 5.23. The van der Waals surface area contributed by atoms with Gasteiger partial charge in [0, 0.05) is 44.7 Å². The molecule has 0 saturated carbocycles. The molecule has 2 aliphatic rings. The summed E-state index contributed by atoms with van der Waals surface area (Å²) in [4.78, 5) is 20.3. The second kappa shape index (κ2) is 6.67. The maximum atomic E-state index is 11.9. The standard InChI is InChI=1S/C17H32N4O2/c1-16(2)12-21(17(16,3)4)15(19-11-14(22)20(5)6)18-10-13-8-7-9-23-13/h13H,7-12H2,1-6H3,(H,18,19). The fourth-order valence-electron chi connectivity index (χ4n) is 2.93. The highest BCUT2D eigenvalue weighted by Gasteiger charge is 2.53. The molecule has 2 fully saturated rings. The number of aliphatic imine (C=N–C) groups is 1. The molecule has 2 saturated heterocycles. The second-order valence-corrected chi connectivity index (χ2v) is 7.97. The van der Waals surface area contributed by atoms with E-state index in [0.29, 0.717) is 0 Å². The Labute approximate surface area is 140 Å². The number of hydrogen-bond acceptors (Lipinski definition) is 3. The summed E-state index contributed by atoms with van der Waals surface area (Å²) < 4.78 is 5.68. The van der Waals surface area contributed by atoms with Crippen molar-refractivity contribution in [3.05, 3.63) is 0 Å². The van der Waals surface area contributed by atoms with Gasteiger partial charge in [0.1, 0.15) is 6.54 Å². The molecule has 2 rings (SSSR count). The highest BCUT2D eigenvalue weighted by Crippen LogP contribution is 2.46. The van der Waals surface area contributed by atoms with Crippen molar-refractivity contribution in [2.45, 2.75) is 52.2 Å². The number of hydrogen-bond donors (Lipinski definition) is 1. The number of rotatable bonds is 4. The predicted octanol–water partition coefficient (Wildman–Crippen LogP) is 1.32. The van der Waals surface area contributed by atoms with Crippen LogP contribution in [0.3, 0.4) is 0 Å². The molecule has 1 amide bonds. The van der Waals surface area contributed by atoms with Gasteiger partial charge in [-0.2, -0.15) is 0 Å². The van der Waals surface area contributed by atoms with E-state index in [4.69, 9.17) is 4.74 Å². The molecule has 0 aliphatic carbocycles. The average Bonchev–Trinajstić information content (AvgIpc) is 2.98. The third kappa shape index (κ3) is 3.79. The van der Waals surface area contributed by atoms with Crippen molar-refractivity contribution in [3.63, 3.8) is 0 Å². The van der Waals surface area contributed by atoms with Gasteiger partial charge in [-0.3, -0.25) is 4.79 Å². The summed E-state index contributed by atoms with van der Waals surface area (Å²) in [6, 6.07) is 0. The average molecular weight is 324 g/mol. The molecule has 0 aromatic carbocycles. The molecule has 1 N–H and O–H groups in total. The number of carbonyl (C=O) groups is 1. The number of ether oxygens (including phenoxy) is 1. The maximum Gasteiger partial charge on any atom is 0.243 e. The molecule has 0 radical (unpaired) electrons. The SMILES string of the molecule is CN(C)C(=O)CN=C(NCC1CCCO1)N1CC(C)(C)C1(C)C. The third-order valence-corrected chi connectivity index (χ3v) is 5.51. The number of nitrogens with zero attached hydrogens (tertiary/aromatic N) is 3. The Balaban J connectivity index is 2.05. The summed E-state index contributed by atoms with van der Waals surface area (Å²) >= 11 is 0. The lowest BCUT2D eigenvalue weighted by atomic mass is 9.65. The number of nitrogens with one attached hydrogen (secondary N) is 1. The van der Waals surface area contributed by atoms with Crippen LogP contribution in [0.5, 0.6) is 0 Å². The minimum absolute atomic E-state index is 0.0104. The molecule has 2 heterocycles. The van der Waals surface area contributed by atoms with Gasteiger partial charge in [-0.15, -0.1) is 0 Å². The van der Waals surface area contributed by atoms with E-state index < -0.39 is 0 Å². The van der Waals surface area contributed by atoms with E-state index in [1.165, 1.54) is 0 Å². The van der Waals surface area contributed by atoms with E-state index in [1.807, 2.05) is 0 Å². The van der Waals surface area contributed by atoms with Crippen molar-refractivity contribution in [2.75, 3.05) is 40.3 Å². The second-order valence-electron chi connectivity index (χ2n) is 7.97. The number of guanidine groups is 1. The van der Waals surface area contributed by atoms with Crippen LogP contribution in [-0.2, 0) is 9.53 Å². The van der Waals surface area contributed by atoms with E-state index in [0.717, 1.165) is 38.5 Å². The Morgan fingerprint density at radius 2 is 2.04 bits per heavy atom. The molecule has 0 aromatic rings. The van der Waals surface area contributed by atoms with Crippen LogP contribution in [-0.4, -0.2) is 73.6 Å². The summed E-state index contributed by atoms with van der Waals surface area (Å²) in [6.07, 6.45) is 2.47. The summed E-state index contributed by atoms with van der Waals surface area (Å²) in [5.74, 6) is 0.832. The lowest BCUT2D eigenvalue weighted by molar-refractivity contribution is -0.127. The highest BCUT2D eigenvalue weighted by atomic mass is 16.5. The van der Waals surface area contributed by atoms with Gasteiger partial charge in [-0.05, 0) is 26.7 Å². The minimum Gasteiger partial charge on any atom is -0.376 e. The molecule has 2 aliphatic heterocycles. The number of likely N-dealkylation sites (N-methyl/N-ethyl adjacent to an activating group) is 1. The van der Waals surface area contributed by atoms with Crippen molar-refractivity contribution in [1.82, 2.24) is 15.1 Å². The first-order valence-electron chi connectivity index (χ1n) is 8.53. The van der Waals surface area contributed by atoms with E-state index in [2.05, 4.69) is 42.9 Å². The first kappa shape index (κ1) is 18.0. The van der Waals surface area contributed by atoms with Gasteiger partial charge in [0.15, 0.2) is 5.96 Å². The van der Waals surface area contributed by atoms with Crippen LogP contribution in [0.4, 0.5) is 0 Å². The van der Waals surface area contributed by atoms with Crippen LogP contribution in [0.25, 0.3) is 0 Å². The molecular weight excluding hydrogens is 292 g/mol. The highest BCUT2D eigenvalue weighted by molar-refractivity contribution is 5.86. The molecule has 1 unspecified atom stereocenters. The van der Waals surface area contributed by atoms with Gasteiger partial charge in [0.05, 0.1) is 6.10 Å². The Morgan fingerprint density at radius 1 is 1.35 bits per heavy atom. The molecule has 132 valence electrons. The predicted molar refractivity (Wildman–Crippen MR) is 92.5 cm³/mol. The first-order chi connectivity index (χ1) is 10.6. The van der Waals surface area contributed by atoms with Crippen LogP contribution < -0.4 is 5.32 Å². The summed E-state index contributed by atoms with van der Waals surface area (Å²) in [6.45, 7) is 11.7. The minimum atomic E-state index is 0.0104. The summed E-state index contributed by atoms with van der Waals surface area (Å²) in [5, 5.41) is 3.43. The van der Waals surface area contributed by atoms with Gasteiger partial charge >= 0.3 is 0 Å². The molecule has 0 aromatic heterocycles. The zero-order chi connectivity index (χ0) is 17.3. The Hall–Kier alpha value is -1.30. The van der Waals surface area contributed by atoms with Crippen molar-refractivity contribution >= 4 is 11.9 Å². The maximum absolute atomic E-state index is 11.9. The lowest BCUT2D eigenvalue weighted by Gasteiger charge is -2.62. The summed E-state index contributed by atoms with van der Waals surface area (Å²) in [5.41, 5.74) is 0.237. The normalized spacial score (nSPS) is 25.9. The van der Waals surface area contributed by atoms with Crippen LogP contribution in [0.1, 0.15) is 40.5 Å². The van der Waals surface area contributed by atoms with Crippen LogP contribution in [0.2, 0.25) is 0 Å². The zero-order valence-electron chi connectivity index (χ0n) is 15.5. The van der Waals surface area contributed by atoms with Gasteiger partial charge in [-0.1, -0.05) is 13.8 Å². The van der Waals surface area contributed by atoms with E-state index >= 15 is 0 Å². The van der Waals surface area contributed by atoms with Crippen LogP contribution in [0.15, 0.2) is 4.99 Å². The molecule has 23 heavy (non-hydrogen) atoms. The zero-order valence-corrected chi connectivity index (χ0v) is 15.5. The molecule has 6 nitrogen and oxygen atoms in total. The van der Waals surface area contributed by atoms with E-state index in [-0.39, 0.29) is 29.5 Å². The van der Waals surface area contributed by atoms with Crippen LogP contribution >= 0.6 is 0 Å². The first-order valence-corrected chi connectivity index (χ1v) is 8.53. The molecule has 6 heteroatoms. The number of amides is 1. The Bertz CT molecular complexity index is 465. The number of likely N-dealkylation sites (tertiary alicyclic amines) is 1. The topological polar surface area (TPSA) is 57.2 Å². The van der Waals surface area contributed by atoms with E-state index in [1.54, 1.807) is 19.0 Å². The fourth-order valence-corrected chi connectivity index (χ4v) is 2.93. The van der Waals surface area contributed by atoms with Crippen molar-refractivity contribution in [3.8, 4) is 0 Å². The smallest absolute Gasteiger partial charge is 0.243 e. The summed E-state index contributed by atoms with van der Waals surface area (Å²) in [7, 11) is 3.52. The van der Waals surface area contributed by atoms with Crippen molar-refractivity contribution < 1.29 is 9.53 Å². The molecule has 1 atom stereocenters. The van der Waals surface area contributed by atoms with Gasteiger partial charge < -0.3 is 19.9 Å². The Morgan fingerprint density at radius 3 is 2.52 bits per heavy atom. The lowest BCUT2D eigenvalue weighted by Crippen LogP contribution is -2.72. The quantitative estimate of drug-likeness (QED) is 0.626. The van der Waals surface area contributed by atoms with Crippen LogP contribution in [0, 0.1) is 5.41 Å². The van der Waals surface area contributed by atoms with Crippen molar-refractivity contribution in [2.24, 2.45) is 10.4 Å². The molecule has 0 spiro atoms. The largest absolute Gasteiger partial charge is 0.376 e. The van der Waals surface area contributed by atoms with E-state index in [9.17, 15) is 4.79 Å². The molecular formula is C17H32N4O2. The number of carbonyl (C=O) groups excluding carboxylic acids is 1. The van der Waals surface area contributed by atoms with Gasteiger partial charge in [0.2, 0.25) is 5.91 Å². The third-order valence-electron chi connectivity index (χ3n) is 5.51. The fraction of sp³-hybridized carbons (Fsp3) is 0.882. The van der Waals surface area contributed by atoms with Gasteiger partial charge in [0.25, 0.3) is 0 Å².